The molecule has 3 aromatic carbocycles. The van der Waals surface area contributed by atoms with Crippen LogP contribution in [0.25, 0.3) is 10.8 Å². The summed E-state index contributed by atoms with van der Waals surface area (Å²) < 4.78 is 28.1. The van der Waals surface area contributed by atoms with E-state index < -0.39 is 33.3 Å². The van der Waals surface area contributed by atoms with Gasteiger partial charge in [-0.25, -0.2) is 13.1 Å². The fourth-order valence-corrected chi connectivity index (χ4v) is 5.76. The maximum absolute atomic E-state index is 13.2. The number of hydrogen-bond donors (Lipinski definition) is 3. The third kappa shape index (κ3) is 5.55. The van der Waals surface area contributed by atoms with Crippen LogP contribution in [0.4, 0.5) is 5.69 Å². The Morgan fingerprint density at radius 3 is 2.39 bits per heavy atom. The second kappa shape index (κ2) is 10.7. The molecule has 4 rings (SSSR count). The van der Waals surface area contributed by atoms with Gasteiger partial charge in [0.25, 0.3) is 15.9 Å². The van der Waals surface area contributed by atoms with Crippen molar-refractivity contribution in [1.29, 1.82) is 0 Å². The van der Waals surface area contributed by atoms with Gasteiger partial charge in [-0.2, -0.15) is 0 Å². The van der Waals surface area contributed by atoms with Crippen molar-refractivity contribution in [2.24, 2.45) is 5.92 Å². The Morgan fingerprint density at radius 1 is 1.05 bits per heavy atom. The van der Waals surface area contributed by atoms with Crippen LogP contribution in [0, 0.1) is 5.92 Å². The maximum Gasteiger partial charge on any atom is 0.266 e. The van der Waals surface area contributed by atoms with Crippen molar-refractivity contribution in [2.45, 2.75) is 30.3 Å². The summed E-state index contributed by atoms with van der Waals surface area (Å²) in [4.78, 5) is 39.9. The highest BCUT2D eigenvalue weighted by Crippen LogP contribution is 2.45. The number of sulfonamides is 1. The fourth-order valence-electron chi connectivity index (χ4n) is 4.51. The van der Waals surface area contributed by atoms with E-state index in [1.807, 2.05) is 42.5 Å². The van der Waals surface area contributed by atoms with Crippen LogP contribution in [0.5, 0.6) is 0 Å². The molecule has 1 aliphatic carbocycles. The van der Waals surface area contributed by atoms with Gasteiger partial charge in [0.2, 0.25) is 11.8 Å². The molecule has 38 heavy (non-hydrogen) atoms. The zero-order valence-electron chi connectivity index (χ0n) is 21.2. The van der Waals surface area contributed by atoms with Gasteiger partial charge in [-0.05, 0) is 41.0 Å². The second-order valence-electron chi connectivity index (χ2n) is 9.30. The molecule has 3 N–H and O–H groups in total. The van der Waals surface area contributed by atoms with E-state index in [0.29, 0.717) is 5.69 Å². The normalized spacial score (nSPS) is 18.3. The van der Waals surface area contributed by atoms with Crippen LogP contribution in [0.3, 0.4) is 0 Å². The molecule has 3 amide bonds. The smallest absolute Gasteiger partial charge is 0.266 e. The lowest BCUT2D eigenvalue weighted by Crippen LogP contribution is -2.54. The van der Waals surface area contributed by atoms with Crippen molar-refractivity contribution in [2.75, 3.05) is 18.9 Å². The fraction of sp³-hybridized carbons (Fsp3) is 0.250. The summed E-state index contributed by atoms with van der Waals surface area (Å²) in [5, 5.41) is 7.54. The number of anilines is 1. The Bertz CT molecular complexity index is 1520. The number of hydrogen-bond acceptors (Lipinski definition) is 6. The van der Waals surface area contributed by atoms with Crippen LogP contribution in [-0.4, -0.2) is 50.2 Å². The van der Waals surface area contributed by atoms with Crippen LogP contribution in [0.15, 0.2) is 84.3 Å². The van der Waals surface area contributed by atoms with E-state index in [1.54, 1.807) is 25.2 Å². The number of rotatable bonds is 10. The van der Waals surface area contributed by atoms with Gasteiger partial charge in [-0.3, -0.25) is 14.4 Å². The van der Waals surface area contributed by atoms with Crippen molar-refractivity contribution < 1.29 is 22.8 Å². The third-order valence-corrected chi connectivity index (χ3v) is 8.10. The molecule has 2 atom stereocenters. The first-order valence-corrected chi connectivity index (χ1v) is 13.6. The number of amides is 3. The van der Waals surface area contributed by atoms with Crippen LogP contribution in [0.2, 0.25) is 0 Å². The van der Waals surface area contributed by atoms with Crippen molar-refractivity contribution in [3.63, 3.8) is 0 Å². The topological polar surface area (TPSA) is 125 Å². The van der Waals surface area contributed by atoms with Crippen LogP contribution < -0.4 is 15.4 Å². The van der Waals surface area contributed by atoms with Crippen molar-refractivity contribution in [3.8, 4) is 0 Å². The number of nitrogens with one attached hydrogen (secondary N) is 3. The van der Waals surface area contributed by atoms with E-state index in [2.05, 4.69) is 21.9 Å². The van der Waals surface area contributed by atoms with Crippen molar-refractivity contribution >= 4 is 44.2 Å². The molecule has 0 aliphatic heterocycles. The molecular formula is C28H30N4O5S. The second-order valence-corrected chi connectivity index (χ2v) is 11.0. The van der Waals surface area contributed by atoms with Gasteiger partial charge >= 0.3 is 0 Å². The molecule has 0 unspecified atom stereocenters. The van der Waals surface area contributed by atoms with Crippen LogP contribution in [-0.2, 0) is 31.0 Å². The molecule has 1 aliphatic rings. The lowest BCUT2D eigenvalue weighted by molar-refractivity contribution is -0.136. The molecule has 0 spiro atoms. The van der Waals surface area contributed by atoms with Gasteiger partial charge in [0.15, 0.2) is 0 Å². The molecule has 0 radical (unpaired) electrons. The zero-order valence-corrected chi connectivity index (χ0v) is 22.0. The minimum atomic E-state index is -4.22. The predicted octanol–water partition coefficient (Wildman–Crippen LogP) is 2.80. The molecule has 0 aromatic heterocycles. The van der Waals surface area contributed by atoms with E-state index >= 15 is 0 Å². The molecule has 0 bridgehead atoms. The number of benzene rings is 3. The number of carbonyl (C=O) groups is 3. The highest BCUT2D eigenvalue weighted by molar-refractivity contribution is 7.90. The molecule has 9 nitrogen and oxygen atoms in total. The average molecular weight is 535 g/mol. The van der Waals surface area contributed by atoms with E-state index in [-0.39, 0.29) is 30.3 Å². The van der Waals surface area contributed by atoms with Crippen molar-refractivity contribution in [3.05, 3.63) is 84.9 Å². The SMILES string of the molecule is C=C[C@@H]1C[C@]1(NC(=O)CN(Cc1ccc2ccccc2c1)C(C)=O)C(=O)NS(=O)(=O)c1ccccc1NC. The predicted molar refractivity (Wildman–Crippen MR) is 146 cm³/mol. The minimum Gasteiger partial charge on any atom is -0.387 e. The van der Waals surface area contributed by atoms with E-state index in [4.69, 9.17) is 0 Å². The Kier molecular flexibility index (Phi) is 7.54. The summed E-state index contributed by atoms with van der Waals surface area (Å²) in [6, 6.07) is 19.8. The first kappa shape index (κ1) is 26.9. The largest absolute Gasteiger partial charge is 0.387 e. The van der Waals surface area contributed by atoms with Crippen LogP contribution >= 0.6 is 0 Å². The monoisotopic (exact) mass is 534 g/mol. The van der Waals surface area contributed by atoms with E-state index in [1.165, 1.54) is 24.0 Å². The molecule has 3 aromatic rings. The lowest BCUT2D eigenvalue weighted by Gasteiger charge is -2.24. The Morgan fingerprint density at radius 2 is 1.74 bits per heavy atom. The maximum atomic E-state index is 13.2. The standard InChI is InChI=1S/C28H30N4O5S/c1-4-23-16-28(23,27(35)31-38(36,37)25-12-8-7-11-24(25)29-3)30-26(34)18-32(19(2)33)17-20-13-14-21-9-5-6-10-22(21)15-20/h4-15,23,29H,1,16-18H2,2-3H3,(H,30,34)(H,31,35)/t23-,28-/m1/s1. The van der Waals surface area contributed by atoms with Gasteiger partial charge in [-0.15, -0.1) is 6.58 Å². The Labute approximate surface area is 222 Å². The minimum absolute atomic E-state index is 0.0914. The number of nitrogens with zero attached hydrogens (tertiary/aromatic N) is 1. The quantitative estimate of drug-likeness (QED) is 0.344. The molecule has 1 saturated carbocycles. The molecular weight excluding hydrogens is 504 g/mol. The summed E-state index contributed by atoms with van der Waals surface area (Å²) in [5.74, 6) is -2.19. The highest BCUT2D eigenvalue weighted by Gasteiger charge is 2.60. The van der Waals surface area contributed by atoms with Gasteiger partial charge < -0.3 is 15.5 Å². The first-order valence-electron chi connectivity index (χ1n) is 12.1. The molecule has 0 saturated heterocycles. The van der Waals surface area contributed by atoms with Crippen molar-refractivity contribution in [1.82, 2.24) is 14.9 Å². The Hall–Kier alpha value is -4.18. The number of para-hydroxylation sites is 1. The summed E-state index contributed by atoms with van der Waals surface area (Å²) in [6.45, 7) is 4.98. The van der Waals surface area contributed by atoms with E-state index in [9.17, 15) is 22.8 Å². The number of carbonyl (C=O) groups excluding carboxylic acids is 3. The lowest BCUT2D eigenvalue weighted by atomic mass is 10.1. The van der Waals surface area contributed by atoms with Gasteiger partial charge in [0.05, 0.1) is 12.2 Å². The molecule has 198 valence electrons. The number of fused-ring (bicyclic) bond motifs is 1. The van der Waals surface area contributed by atoms with Crippen LogP contribution in [0.1, 0.15) is 18.9 Å². The third-order valence-electron chi connectivity index (χ3n) is 6.71. The molecule has 0 heterocycles. The van der Waals surface area contributed by atoms with Gasteiger partial charge in [-0.1, -0.05) is 54.6 Å². The average Bonchev–Trinajstić information content (AvgIpc) is 3.61. The van der Waals surface area contributed by atoms with Gasteiger partial charge in [0, 0.05) is 26.4 Å². The Balaban J connectivity index is 1.48. The summed E-state index contributed by atoms with van der Waals surface area (Å²) in [6.07, 6.45) is 1.70. The summed E-state index contributed by atoms with van der Waals surface area (Å²) >= 11 is 0. The highest BCUT2D eigenvalue weighted by atomic mass is 32.2. The molecule has 1 fully saturated rings. The first-order chi connectivity index (χ1) is 18.1. The summed E-state index contributed by atoms with van der Waals surface area (Å²) in [5.41, 5.74) is -0.289. The zero-order chi connectivity index (χ0) is 27.5. The summed E-state index contributed by atoms with van der Waals surface area (Å²) in [7, 11) is -2.65. The van der Waals surface area contributed by atoms with Gasteiger partial charge in [0.1, 0.15) is 10.4 Å². The van der Waals surface area contributed by atoms with E-state index in [0.717, 1.165) is 16.3 Å². The molecule has 10 heteroatoms.